The zero-order valence-electron chi connectivity index (χ0n) is 11.1. The Morgan fingerprint density at radius 3 is 2.47 bits per heavy atom. The third kappa shape index (κ3) is 2.97. The Labute approximate surface area is 102 Å². The summed E-state index contributed by atoms with van der Waals surface area (Å²) < 4.78 is 5.42. The second-order valence-electron chi connectivity index (χ2n) is 4.12. The van der Waals surface area contributed by atoms with Crippen LogP contribution in [0.1, 0.15) is 22.3 Å². The molecular formula is C13H20N2O2. The fraction of sp³-hybridized carbons (Fsp3) is 0.462. The average molecular weight is 236 g/mol. The fourth-order valence-electron chi connectivity index (χ4n) is 1.94. The van der Waals surface area contributed by atoms with E-state index in [9.17, 15) is 4.79 Å². The summed E-state index contributed by atoms with van der Waals surface area (Å²) >= 11 is 0. The first kappa shape index (κ1) is 13.5. The van der Waals surface area contributed by atoms with Crippen molar-refractivity contribution in [3.05, 3.63) is 28.3 Å². The van der Waals surface area contributed by atoms with Gasteiger partial charge in [0.25, 0.3) is 0 Å². The lowest BCUT2D eigenvalue weighted by Gasteiger charge is -2.16. The quantitative estimate of drug-likeness (QED) is 0.777. The van der Waals surface area contributed by atoms with Gasteiger partial charge in [0.2, 0.25) is 5.91 Å². The Kier molecular flexibility index (Phi) is 4.52. The Hall–Kier alpha value is -1.55. The summed E-state index contributed by atoms with van der Waals surface area (Å²) in [6.07, 6.45) is 0.316. The first-order valence-corrected chi connectivity index (χ1v) is 5.60. The van der Waals surface area contributed by atoms with Crippen LogP contribution in [0.3, 0.4) is 0 Å². The minimum atomic E-state index is -0.0721. The number of carbonyl (C=O) groups excluding carboxylic acids is 1. The molecule has 0 aliphatic rings. The molecule has 1 amide bonds. The largest absolute Gasteiger partial charge is 0.496 e. The number of hydrazine groups is 1. The predicted molar refractivity (Wildman–Crippen MR) is 68.1 cm³/mol. The summed E-state index contributed by atoms with van der Waals surface area (Å²) in [7, 11) is 3.31. The van der Waals surface area contributed by atoms with E-state index in [1.165, 1.54) is 5.56 Å². The number of ether oxygens (including phenoxy) is 1. The molecule has 0 saturated carbocycles. The van der Waals surface area contributed by atoms with Gasteiger partial charge in [0.1, 0.15) is 5.75 Å². The van der Waals surface area contributed by atoms with Crippen molar-refractivity contribution in [2.45, 2.75) is 27.2 Å². The normalized spacial score (nSPS) is 10.2. The van der Waals surface area contributed by atoms with Crippen LogP contribution in [0.15, 0.2) is 6.07 Å². The van der Waals surface area contributed by atoms with Crippen molar-refractivity contribution in [1.29, 1.82) is 0 Å². The molecule has 17 heavy (non-hydrogen) atoms. The molecule has 0 bridgehead atoms. The van der Waals surface area contributed by atoms with Gasteiger partial charge in [-0.15, -0.1) is 0 Å². The first-order chi connectivity index (χ1) is 8.01. The fourth-order valence-corrected chi connectivity index (χ4v) is 1.94. The van der Waals surface area contributed by atoms with Crippen molar-refractivity contribution in [2.75, 3.05) is 14.2 Å². The lowest BCUT2D eigenvalue weighted by molar-refractivity contribution is -0.121. The maximum absolute atomic E-state index is 11.6. The zero-order valence-corrected chi connectivity index (χ0v) is 11.1. The van der Waals surface area contributed by atoms with E-state index >= 15 is 0 Å². The number of methoxy groups -OCH3 is 1. The number of aryl methyl sites for hydroxylation is 2. The predicted octanol–water partition coefficient (Wildman–Crippen LogP) is 1.41. The molecule has 0 fully saturated rings. The van der Waals surface area contributed by atoms with Gasteiger partial charge in [-0.1, -0.05) is 6.07 Å². The molecule has 0 saturated heterocycles. The molecule has 0 aliphatic heterocycles. The van der Waals surface area contributed by atoms with Crippen LogP contribution in [0.4, 0.5) is 0 Å². The standard InChI is InChI=1S/C13H20N2O2/c1-8-6-9(2)11(7-12(16)15-14-4)13(17-5)10(8)3/h6,14H,7H2,1-5H3,(H,15,16). The van der Waals surface area contributed by atoms with Gasteiger partial charge in [-0.05, 0) is 37.5 Å². The van der Waals surface area contributed by atoms with Crippen molar-refractivity contribution < 1.29 is 9.53 Å². The van der Waals surface area contributed by atoms with E-state index < -0.39 is 0 Å². The monoisotopic (exact) mass is 236 g/mol. The van der Waals surface area contributed by atoms with Gasteiger partial charge in [0.05, 0.1) is 13.5 Å². The molecule has 0 heterocycles. The molecular weight excluding hydrogens is 216 g/mol. The van der Waals surface area contributed by atoms with Crippen molar-refractivity contribution in [1.82, 2.24) is 10.9 Å². The molecule has 1 aromatic carbocycles. The topological polar surface area (TPSA) is 50.4 Å². The summed E-state index contributed by atoms with van der Waals surface area (Å²) in [6, 6.07) is 2.08. The first-order valence-electron chi connectivity index (χ1n) is 5.60. The Morgan fingerprint density at radius 2 is 1.94 bits per heavy atom. The van der Waals surface area contributed by atoms with Crippen molar-refractivity contribution in [3.63, 3.8) is 0 Å². The van der Waals surface area contributed by atoms with E-state index in [0.717, 1.165) is 22.4 Å². The molecule has 2 N–H and O–H groups in total. The number of carbonyl (C=O) groups is 1. The summed E-state index contributed by atoms with van der Waals surface area (Å²) in [4.78, 5) is 11.6. The summed E-state index contributed by atoms with van der Waals surface area (Å²) in [5.41, 5.74) is 9.49. The van der Waals surface area contributed by atoms with Crippen LogP contribution in [0.5, 0.6) is 5.75 Å². The minimum absolute atomic E-state index is 0.0721. The third-order valence-electron chi connectivity index (χ3n) is 2.92. The lowest BCUT2D eigenvalue weighted by atomic mass is 9.97. The molecule has 0 aromatic heterocycles. The van der Waals surface area contributed by atoms with Crippen LogP contribution in [0, 0.1) is 20.8 Å². The lowest BCUT2D eigenvalue weighted by Crippen LogP contribution is -2.35. The van der Waals surface area contributed by atoms with E-state index in [1.54, 1.807) is 14.2 Å². The zero-order chi connectivity index (χ0) is 13.0. The van der Waals surface area contributed by atoms with E-state index in [1.807, 2.05) is 20.8 Å². The van der Waals surface area contributed by atoms with Crippen LogP contribution in [0.2, 0.25) is 0 Å². The minimum Gasteiger partial charge on any atom is -0.496 e. The van der Waals surface area contributed by atoms with Crippen LogP contribution in [-0.4, -0.2) is 20.1 Å². The summed E-state index contributed by atoms with van der Waals surface area (Å²) in [5, 5.41) is 0. The van der Waals surface area contributed by atoms with Gasteiger partial charge in [0, 0.05) is 12.6 Å². The second-order valence-corrected chi connectivity index (χ2v) is 4.12. The van der Waals surface area contributed by atoms with Gasteiger partial charge >= 0.3 is 0 Å². The van der Waals surface area contributed by atoms with E-state index in [-0.39, 0.29) is 5.91 Å². The highest BCUT2D eigenvalue weighted by Gasteiger charge is 2.15. The van der Waals surface area contributed by atoms with Crippen molar-refractivity contribution >= 4 is 5.91 Å². The Morgan fingerprint density at radius 1 is 1.29 bits per heavy atom. The highest BCUT2D eigenvalue weighted by Crippen LogP contribution is 2.29. The molecule has 1 aromatic rings. The highest BCUT2D eigenvalue weighted by atomic mass is 16.5. The number of benzene rings is 1. The molecule has 1 rings (SSSR count). The van der Waals surface area contributed by atoms with Crippen LogP contribution >= 0.6 is 0 Å². The van der Waals surface area contributed by atoms with Crippen molar-refractivity contribution in [2.24, 2.45) is 0 Å². The number of amides is 1. The maximum Gasteiger partial charge on any atom is 0.238 e. The van der Waals surface area contributed by atoms with Crippen LogP contribution in [0.25, 0.3) is 0 Å². The number of hydrogen-bond acceptors (Lipinski definition) is 3. The summed E-state index contributed by atoms with van der Waals surface area (Å²) in [5.74, 6) is 0.742. The van der Waals surface area contributed by atoms with E-state index in [0.29, 0.717) is 6.42 Å². The molecule has 0 radical (unpaired) electrons. The molecule has 0 aliphatic carbocycles. The molecule has 0 unspecified atom stereocenters. The van der Waals surface area contributed by atoms with Gasteiger partial charge in [-0.25, -0.2) is 5.43 Å². The van der Waals surface area contributed by atoms with Crippen LogP contribution in [-0.2, 0) is 11.2 Å². The molecule has 0 atom stereocenters. The maximum atomic E-state index is 11.6. The smallest absolute Gasteiger partial charge is 0.238 e. The van der Waals surface area contributed by atoms with Crippen LogP contribution < -0.4 is 15.6 Å². The van der Waals surface area contributed by atoms with E-state index in [4.69, 9.17) is 4.74 Å². The molecule has 94 valence electrons. The Bertz CT molecular complexity index is 428. The molecule has 4 nitrogen and oxygen atoms in total. The average Bonchev–Trinajstić information content (AvgIpc) is 2.27. The highest BCUT2D eigenvalue weighted by molar-refractivity contribution is 5.79. The Balaban J connectivity index is 3.14. The third-order valence-corrected chi connectivity index (χ3v) is 2.92. The van der Waals surface area contributed by atoms with Gasteiger partial charge in [-0.3, -0.25) is 10.2 Å². The molecule has 0 spiro atoms. The van der Waals surface area contributed by atoms with Gasteiger partial charge < -0.3 is 4.74 Å². The van der Waals surface area contributed by atoms with E-state index in [2.05, 4.69) is 16.9 Å². The second kappa shape index (κ2) is 5.68. The summed E-state index contributed by atoms with van der Waals surface area (Å²) in [6.45, 7) is 6.05. The number of nitrogens with one attached hydrogen (secondary N) is 2. The molecule has 4 heteroatoms. The van der Waals surface area contributed by atoms with Gasteiger partial charge in [0.15, 0.2) is 0 Å². The van der Waals surface area contributed by atoms with Gasteiger partial charge in [-0.2, -0.15) is 0 Å². The number of hydrogen-bond donors (Lipinski definition) is 2. The van der Waals surface area contributed by atoms with Crippen molar-refractivity contribution in [3.8, 4) is 5.75 Å². The number of rotatable bonds is 4. The SMILES string of the molecule is CNNC(=O)Cc1c(C)cc(C)c(C)c1OC.